The fourth-order valence-corrected chi connectivity index (χ4v) is 7.13. The van der Waals surface area contributed by atoms with Gasteiger partial charge >= 0.3 is 6.01 Å². The lowest BCUT2D eigenvalue weighted by Crippen LogP contribution is -2.55. The lowest BCUT2D eigenvalue weighted by atomic mass is 10.0. The van der Waals surface area contributed by atoms with Crippen LogP contribution in [0.4, 0.5) is 11.5 Å². The molecule has 3 aliphatic heterocycles. The maximum Gasteiger partial charge on any atom is 0.318 e. The highest BCUT2D eigenvalue weighted by Crippen LogP contribution is 2.37. The number of rotatable bonds is 7. The smallest absolute Gasteiger partial charge is 0.318 e. The van der Waals surface area contributed by atoms with E-state index in [1.54, 1.807) is 0 Å². The van der Waals surface area contributed by atoms with Crippen molar-refractivity contribution in [2.75, 3.05) is 56.2 Å². The number of benzene rings is 2. The predicted molar refractivity (Wildman–Crippen MR) is 165 cm³/mol. The summed E-state index contributed by atoms with van der Waals surface area (Å²) in [6.07, 6.45) is 3.68. The van der Waals surface area contributed by atoms with Crippen LogP contribution in [0, 0.1) is 11.3 Å². The molecule has 216 valence electrons. The maximum atomic E-state index is 9.58. The van der Waals surface area contributed by atoms with E-state index in [0.29, 0.717) is 37.7 Å². The zero-order valence-corrected chi connectivity index (χ0v) is 25.1. The van der Waals surface area contributed by atoms with Gasteiger partial charge in [-0.3, -0.25) is 4.90 Å². The molecule has 3 aliphatic rings. The van der Waals surface area contributed by atoms with Crippen LogP contribution in [0.25, 0.3) is 10.8 Å². The first-order chi connectivity index (χ1) is 19.9. The fraction of sp³-hybridized carbons (Fsp3) is 0.531. The Morgan fingerprint density at radius 2 is 1.88 bits per heavy atom. The standard InChI is InChI=1S/C32H40ClN7O/c1-22(2)40-18-17-39(19-24(40)12-14-34)31-26-13-16-38(29-11-5-8-23-7-4-10-27(33)30(23)29)20-28(26)35-32(36-31)41-21-25-9-6-15-37(25)3/h4-5,7-8,10-11,22,24-25H,6,9,12-13,15-21H2,1-3H3/t24-,25+/m1/s1. The number of hydrogen-bond donors (Lipinski definition) is 0. The molecule has 3 aromatic rings. The number of hydrogen-bond acceptors (Lipinski definition) is 8. The summed E-state index contributed by atoms with van der Waals surface area (Å²) >= 11 is 6.71. The van der Waals surface area contributed by atoms with Crippen molar-refractivity contribution in [3.05, 3.63) is 52.7 Å². The molecule has 41 heavy (non-hydrogen) atoms. The van der Waals surface area contributed by atoms with Crippen LogP contribution in [0.3, 0.4) is 0 Å². The van der Waals surface area contributed by atoms with Crippen LogP contribution >= 0.6 is 11.6 Å². The quantitative estimate of drug-likeness (QED) is 0.385. The lowest BCUT2D eigenvalue weighted by Gasteiger charge is -2.44. The lowest BCUT2D eigenvalue weighted by molar-refractivity contribution is 0.138. The third-order valence-electron chi connectivity index (χ3n) is 9.09. The number of anilines is 2. The molecule has 8 nitrogen and oxygen atoms in total. The molecule has 6 rings (SSSR count). The zero-order valence-electron chi connectivity index (χ0n) is 24.4. The minimum Gasteiger partial charge on any atom is -0.462 e. The van der Waals surface area contributed by atoms with Crippen LogP contribution < -0.4 is 14.5 Å². The van der Waals surface area contributed by atoms with E-state index >= 15 is 0 Å². The number of piperazine rings is 1. The van der Waals surface area contributed by atoms with Crippen molar-refractivity contribution in [2.45, 2.75) is 64.2 Å². The van der Waals surface area contributed by atoms with E-state index in [4.69, 9.17) is 26.3 Å². The molecule has 4 heterocycles. The van der Waals surface area contributed by atoms with Crippen molar-refractivity contribution in [1.82, 2.24) is 19.8 Å². The third-order valence-corrected chi connectivity index (χ3v) is 9.40. The first-order valence-corrected chi connectivity index (χ1v) is 15.3. The van der Waals surface area contributed by atoms with Crippen molar-refractivity contribution < 1.29 is 4.74 Å². The Kier molecular flexibility index (Phi) is 8.21. The number of halogens is 1. The van der Waals surface area contributed by atoms with Gasteiger partial charge in [0.2, 0.25) is 0 Å². The molecule has 2 atom stereocenters. The van der Waals surface area contributed by atoms with Crippen LogP contribution in [-0.4, -0.2) is 84.3 Å². The average Bonchev–Trinajstić information content (AvgIpc) is 3.39. The number of fused-ring (bicyclic) bond motifs is 2. The topological polar surface area (TPSA) is 71.8 Å². The molecule has 0 spiro atoms. The zero-order chi connectivity index (χ0) is 28.5. The molecule has 9 heteroatoms. The van der Waals surface area contributed by atoms with Crippen molar-refractivity contribution in [1.29, 1.82) is 5.26 Å². The molecule has 0 aliphatic carbocycles. The molecular formula is C32H40ClN7O. The van der Waals surface area contributed by atoms with E-state index in [0.717, 1.165) is 78.6 Å². The Morgan fingerprint density at radius 1 is 1.05 bits per heavy atom. The monoisotopic (exact) mass is 573 g/mol. The molecule has 2 saturated heterocycles. The van der Waals surface area contributed by atoms with Gasteiger partial charge in [-0.2, -0.15) is 15.2 Å². The van der Waals surface area contributed by atoms with Gasteiger partial charge in [-0.1, -0.05) is 35.9 Å². The highest BCUT2D eigenvalue weighted by molar-refractivity contribution is 6.36. The summed E-state index contributed by atoms with van der Waals surface area (Å²) in [6.45, 7) is 10.2. The van der Waals surface area contributed by atoms with Crippen LogP contribution in [0.1, 0.15) is 44.4 Å². The Hall–Kier alpha value is -3.12. The molecular weight excluding hydrogens is 534 g/mol. The molecule has 0 saturated carbocycles. The normalized spacial score (nSPS) is 21.9. The van der Waals surface area contributed by atoms with Gasteiger partial charge in [-0.15, -0.1) is 0 Å². The third kappa shape index (κ3) is 5.68. The van der Waals surface area contributed by atoms with E-state index in [9.17, 15) is 5.26 Å². The molecule has 0 unspecified atom stereocenters. The predicted octanol–water partition coefficient (Wildman–Crippen LogP) is 5.13. The maximum absolute atomic E-state index is 9.58. The van der Waals surface area contributed by atoms with Crippen molar-refractivity contribution in [2.24, 2.45) is 0 Å². The van der Waals surface area contributed by atoms with Gasteiger partial charge in [0.25, 0.3) is 0 Å². The van der Waals surface area contributed by atoms with Gasteiger partial charge in [-0.25, -0.2) is 0 Å². The van der Waals surface area contributed by atoms with Crippen molar-refractivity contribution in [3.8, 4) is 12.1 Å². The number of ether oxygens (including phenoxy) is 1. The minimum atomic E-state index is 0.175. The van der Waals surface area contributed by atoms with Crippen LogP contribution in [0.15, 0.2) is 36.4 Å². The first kappa shape index (κ1) is 28.0. The molecule has 2 aromatic carbocycles. The fourth-order valence-electron chi connectivity index (χ4n) is 6.85. The van der Waals surface area contributed by atoms with Gasteiger partial charge in [0.15, 0.2) is 0 Å². The molecule has 1 aromatic heterocycles. The Balaban J connectivity index is 1.34. The summed E-state index contributed by atoms with van der Waals surface area (Å²) < 4.78 is 6.33. The summed E-state index contributed by atoms with van der Waals surface area (Å²) in [6, 6.07) is 16.3. The van der Waals surface area contributed by atoms with E-state index < -0.39 is 0 Å². The SMILES string of the molecule is CC(C)N1CCN(c2nc(OC[C@@H]3CCCN3C)nc3c2CCN(c2cccc4cccc(Cl)c24)C3)C[C@H]1CC#N. The van der Waals surface area contributed by atoms with Gasteiger partial charge in [0, 0.05) is 60.9 Å². The van der Waals surface area contributed by atoms with E-state index in [1.807, 2.05) is 12.1 Å². The van der Waals surface area contributed by atoms with Crippen molar-refractivity contribution in [3.63, 3.8) is 0 Å². The Bertz CT molecular complexity index is 1430. The molecule has 2 fully saturated rings. The second-order valence-corrected chi connectivity index (χ2v) is 12.3. The molecule has 0 N–H and O–H groups in total. The highest BCUT2D eigenvalue weighted by atomic mass is 35.5. The molecule has 0 radical (unpaired) electrons. The van der Waals surface area contributed by atoms with Gasteiger partial charge < -0.3 is 19.4 Å². The molecule has 0 bridgehead atoms. The second kappa shape index (κ2) is 12.0. The summed E-state index contributed by atoms with van der Waals surface area (Å²) in [4.78, 5) is 19.6. The van der Waals surface area contributed by atoms with E-state index in [2.05, 4.69) is 70.8 Å². The van der Waals surface area contributed by atoms with E-state index in [-0.39, 0.29) is 6.04 Å². The number of nitriles is 1. The van der Waals surface area contributed by atoms with Crippen LogP contribution in [0.5, 0.6) is 6.01 Å². The number of likely N-dealkylation sites (N-methyl/N-ethyl adjacent to an activating group) is 1. The average molecular weight is 574 g/mol. The van der Waals surface area contributed by atoms with Crippen LogP contribution in [-0.2, 0) is 13.0 Å². The number of likely N-dealkylation sites (tertiary alicyclic amines) is 1. The number of aromatic nitrogens is 2. The largest absolute Gasteiger partial charge is 0.462 e. The Morgan fingerprint density at radius 3 is 2.63 bits per heavy atom. The summed E-state index contributed by atoms with van der Waals surface area (Å²) in [5.41, 5.74) is 3.35. The minimum absolute atomic E-state index is 0.175. The second-order valence-electron chi connectivity index (χ2n) is 11.9. The first-order valence-electron chi connectivity index (χ1n) is 15.0. The summed E-state index contributed by atoms with van der Waals surface area (Å²) in [5.74, 6) is 0.978. The summed E-state index contributed by atoms with van der Waals surface area (Å²) in [7, 11) is 2.16. The van der Waals surface area contributed by atoms with Gasteiger partial charge in [-0.05, 0) is 64.2 Å². The highest BCUT2D eigenvalue weighted by Gasteiger charge is 2.33. The Labute approximate surface area is 248 Å². The van der Waals surface area contributed by atoms with Gasteiger partial charge in [0.05, 0.1) is 29.8 Å². The van der Waals surface area contributed by atoms with Crippen LogP contribution in [0.2, 0.25) is 5.02 Å². The number of nitrogens with zero attached hydrogens (tertiary/aromatic N) is 7. The van der Waals surface area contributed by atoms with E-state index in [1.165, 1.54) is 12.0 Å². The van der Waals surface area contributed by atoms with Gasteiger partial charge in [0.1, 0.15) is 12.4 Å². The summed E-state index contributed by atoms with van der Waals surface area (Å²) in [5, 5.41) is 12.6. The van der Waals surface area contributed by atoms with Crippen molar-refractivity contribution >= 4 is 33.9 Å². The molecule has 0 amide bonds.